The van der Waals surface area contributed by atoms with Crippen LogP contribution < -0.4 is 10.2 Å². The van der Waals surface area contributed by atoms with Crippen molar-refractivity contribution >= 4 is 22.6 Å². The summed E-state index contributed by atoms with van der Waals surface area (Å²) in [6.07, 6.45) is 2.07. The Morgan fingerprint density at radius 1 is 1.30 bits per heavy atom. The Morgan fingerprint density at radius 3 is 2.70 bits per heavy atom. The molecule has 0 radical (unpaired) electrons. The second-order valence-corrected chi connectivity index (χ2v) is 7.49. The van der Waals surface area contributed by atoms with Gasteiger partial charge in [0.1, 0.15) is 5.82 Å². The number of anilines is 1. The number of carbonyl (C=O) groups excluding carboxylic acids is 1. The second-order valence-electron chi connectivity index (χ2n) is 6.76. The van der Waals surface area contributed by atoms with Gasteiger partial charge in [0.25, 0.3) is 0 Å². The van der Waals surface area contributed by atoms with Gasteiger partial charge >= 0.3 is 0 Å². The van der Waals surface area contributed by atoms with Crippen LogP contribution in [0.4, 0.5) is 5.13 Å². The number of aromatic nitrogens is 2. The smallest absolute Gasteiger partial charge is 0.221 e. The number of aryl methyl sites for hydroxylation is 1. The molecular weight excluding hydrogens is 360 g/mol. The van der Waals surface area contributed by atoms with E-state index in [2.05, 4.69) is 57.7 Å². The van der Waals surface area contributed by atoms with E-state index in [9.17, 15) is 4.79 Å². The maximum Gasteiger partial charge on any atom is 0.221 e. The van der Waals surface area contributed by atoms with E-state index in [1.54, 1.807) is 7.11 Å². The van der Waals surface area contributed by atoms with Crippen molar-refractivity contribution in [1.82, 2.24) is 14.7 Å². The molecule has 0 fully saturated rings. The molecule has 1 aromatic carbocycles. The number of nitrogens with one attached hydrogen (secondary N) is 1. The SMILES string of the molecule is CC[C@@H](C)NC(=O)CCN(CCOC)c1nc(Cc2ccc(C)cc2)ns1. The van der Waals surface area contributed by atoms with Crippen molar-refractivity contribution in [2.24, 2.45) is 0 Å². The minimum absolute atomic E-state index is 0.0659. The summed E-state index contributed by atoms with van der Waals surface area (Å²) in [5.41, 5.74) is 2.44. The van der Waals surface area contributed by atoms with Gasteiger partial charge < -0.3 is 15.0 Å². The van der Waals surface area contributed by atoms with E-state index < -0.39 is 0 Å². The molecule has 1 amide bonds. The van der Waals surface area contributed by atoms with E-state index in [0.29, 0.717) is 32.5 Å². The first-order valence-corrected chi connectivity index (χ1v) is 10.2. The van der Waals surface area contributed by atoms with Crippen LogP contribution in [-0.2, 0) is 16.0 Å². The quantitative estimate of drug-likeness (QED) is 0.638. The van der Waals surface area contributed by atoms with E-state index in [1.807, 2.05) is 6.92 Å². The summed E-state index contributed by atoms with van der Waals surface area (Å²) >= 11 is 1.38. The van der Waals surface area contributed by atoms with Crippen LogP contribution in [0.25, 0.3) is 0 Å². The van der Waals surface area contributed by atoms with Crippen molar-refractivity contribution in [3.63, 3.8) is 0 Å². The summed E-state index contributed by atoms with van der Waals surface area (Å²) < 4.78 is 9.71. The van der Waals surface area contributed by atoms with Gasteiger partial charge in [-0.25, -0.2) is 4.98 Å². The highest BCUT2D eigenvalue weighted by Gasteiger charge is 2.15. The van der Waals surface area contributed by atoms with Crippen molar-refractivity contribution in [3.05, 3.63) is 41.2 Å². The molecule has 1 N–H and O–H groups in total. The lowest BCUT2D eigenvalue weighted by molar-refractivity contribution is -0.121. The summed E-state index contributed by atoms with van der Waals surface area (Å²) in [5, 5.41) is 3.84. The molecule has 0 aliphatic rings. The van der Waals surface area contributed by atoms with Crippen molar-refractivity contribution in [1.29, 1.82) is 0 Å². The highest BCUT2D eigenvalue weighted by Crippen LogP contribution is 2.19. The Kier molecular flexibility index (Phi) is 8.67. The van der Waals surface area contributed by atoms with E-state index in [0.717, 1.165) is 17.4 Å². The predicted molar refractivity (Wildman–Crippen MR) is 110 cm³/mol. The molecule has 7 heteroatoms. The fourth-order valence-corrected chi connectivity index (χ4v) is 3.26. The molecule has 0 saturated carbocycles. The average molecular weight is 391 g/mol. The molecule has 1 aromatic heterocycles. The molecule has 6 nitrogen and oxygen atoms in total. The van der Waals surface area contributed by atoms with Gasteiger partial charge in [-0.1, -0.05) is 36.8 Å². The monoisotopic (exact) mass is 390 g/mol. The number of rotatable bonds is 11. The Labute approximate surface area is 166 Å². The number of hydrogen-bond acceptors (Lipinski definition) is 6. The summed E-state index contributed by atoms with van der Waals surface area (Å²) in [5.74, 6) is 0.876. The Hall–Kier alpha value is -1.99. The number of nitrogens with zero attached hydrogens (tertiary/aromatic N) is 3. The molecule has 0 unspecified atom stereocenters. The lowest BCUT2D eigenvalue weighted by atomic mass is 10.1. The van der Waals surface area contributed by atoms with Gasteiger partial charge in [0.15, 0.2) is 0 Å². The minimum Gasteiger partial charge on any atom is -0.383 e. The van der Waals surface area contributed by atoms with Gasteiger partial charge in [-0.05, 0) is 25.8 Å². The molecule has 148 valence electrons. The first-order chi connectivity index (χ1) is 13.0. The second kappa shape index (κ2) is 11.0. The van der Waals surface area contributed by atoms with Crippen molar-refractivity contribution < 1.29 is 9.53 Å². The maximum absolute atomic E-state index is 12.1. The average Bonchev–Trinajstić information content (AvgIpc) is 3.12. The van der Waals surface area contributed by atoms with Gasteiger partial charge in [-0.2, -0.15) is 4.37 Å². The first-order valence-electron chi connectivity index (χ1n) is 9.43. The zero-order valence-electron chi connectivity index (χ0n) is 16.7. The molecule has 1 atom stereocenters. The molecule has 0 aliphatic heterocycles. The van der Waals surface area contributed by atoms with Gasteiger partial charge in [0.2, 0.25) is 11.0 Å². The summed E-state index contributed by atoms with van der Waals surface area (Å²) in [6.45, 7) is 8.03. The fourth-order valence-electron chi connectivity index (χ4n) is 2.52. The lowest BCUT2D eigenvalue weighted by Gasteiger charge is -2.21. The van der Waals surface area contributed by atoms with Crippen LogP contribution in [0.2, 0.25) is 0 Å². The van der Waals surface area contributed by atoms with E-state index in [1.165, 1.54) is 22.7 Å². The summed E-state index contributed by atoms with van der Waals surface area (Å²) in [6, 6.07) is 8.62. The molecular formula is C20H30N4O2S. The van der Waals surface area contributed by atoms with Crippen LogP contribution in [-0.4, -0.2) is 48.1 Å². The van der Waals surface area contributed by atoms with Gasteiger partial charge in [-0.15, -0.1) is 0 Å². The zero-order chi connectivity index (χ0) is 19.6. The number of amides is 1. The third-order valence-electron chi connectivity index (χ3n) is 4.40. The van der Waals surface area contributed by atoms with Crippen molar-refractivity contribution in [3.8, 4) is 0 Å². The number of carbonyl (C=O) groups is 1. The Balaban J connectivity index is 1.97. The van der Waals surface area contributed by atoms with Gasteiger partial charge in [0.05, 0.1) is 6.61 Å². The van der Waals surface area contributed by atoms with Gasteiger partial charge in [0, 0.05) is 50.6 Å². The molecule has 0 spiro atoms. The van der Waals surface area contributed by atoms with E-state index >= 15 is 0 Å². The first kappa shape index (κ1) is 21.3. The highest BCUT2D eigenvalue weighted by molar-refractivity contribution is 7.09. The van der Waals surface area contributed by atoms with E-state index in [-0.39, 0.29) is 11.9 Å². The highest BCUT2D eigenvalue weighted by atomic mass is 32.1. The largest absolute Gasteiger partial charge is 0.383 e. The Morgan fingerprint density at radius 2 is 2.04 bits per heavy atom. The fraction of sp³-hybridized carbons (Fsp3) is 0.550. The van der Waals surface area contributed by atoms with Crippen LogP contribution in [0.5, 0.6) is 0 Å². The standard InChI is InChI=1S/C20H30N4O2S/c1-5-16(3)21-19(25)10-11-24(12-13-26-4)20-22-18(23-27-20)14-17-8-6-15(2)7-9-17/h6-9,16H,5,10-14H2,1-4H3,(H,21,25)/t16-/m1/s1. The molecule has 2 aromatic rings. The predicted octanol–water partition coefficient (Wildman–Crippen LogP) is 3.19. The number of methoxy groups -OCH3 is 1. The maximum atomic E-state index is 12.1. The topological polar surface area (TPSA) is 67.4 Å². The van der Waals surface area contributed by atoms with Crippen LogP contribution in [0.3, 0.4) is 0 Å². The minimum atomic E-state index is 0.0659. The molecule has 0 aliphatic carbocycles. The zero-order valence-corrected chi connectivity index (χ0v) is 17.5. The summed E-state index contributed by atoms with van der Waals surface area (Å²) in [4.78, 5) is 18.9. The van der Waals surface area contributed by atoms with Crippen molar-refractivity contribution in [2.45, 2.75) is 46.1 Å². The van der Waals surface area contributed by atoms with Crippen molar-refractivity contribution in [2.75, 3.05) is 31.7 Å². The van der Waals surface area contributed by atoms with Crippen LogP contribution in [0.1, 0.15) is 43.6 Å². The molecule has 1 heterocycles. The normalized spacial score (nSPS) is 12.0. The Bertz CT molecular complexity index is 702. The lowest BCUT2D eigenvalue weighted by Crippen LogP contribution is -2.36. The third-order valence-corrected chi connectivity index (χ3v) is 5.22. The number of hydrogen-bond donors (Lipinski definition) is 1. The van der Waals surface area contributed by atoms with E-state index in [4.69, 9.17) is 4.74 Å². The number of benzene rings is 1. The van der Waals surface area contributed by atoms with Crippen LogP contribution >= 0.6 is 11.5 Å². The van der Waals surface area contributed by atoms with Crippen LogP contribution in [0.15, 0.2) is 24.3 Å². The van der Waals surface area contributed by atoms with Crippen LogP contribution in [0, 0.1) is 6.92 Å². The van der Waals surface area contributed by atoms with Gasteiger partial charge in [-0.3, -0.25) is 4.79 Å². The number of ether oxygens (including phenoxy) is 1. The third kappa shape index (κ3) is 7.27. The molecule has 0 bridgehead atoms. The molecule has 2 rings (SSSR count). The summed E-state index contributed by atoms with van der Waals surface area (Å²) in [7, 11) is 1.68. The molecule has 27 heavy (non-hydrogen) atoms. The molecule has 0 saturated heterocycles.